The van der Waals surface area contributed by atoms with Crippen molar-refractivity contribution in [2.45, 2.75) is 6.42 Å². The lowest BCUT2D eigenvalue weighted by molar-refractivity contribution is 0.897. The van der Waals surface area contributed by atoms with E-state index < -0.39 is 0 Å². The molecule has 4 nitrogen and oxygen atoms in total. The van der Waals surface area contributed by atoms with Gasteiger partial charge in [0.2, 0.25) is 0 Å². The van der Waals surface area contributed by atoms with Gasteiger partial charge in [0.1, 0.15) is 5.82 Å². The van der Waals surface area contributed by atoms with Crippen LogP contribution in [0.3, 0.4) is 0 Å². The van der Waals surface area contributed by atoms with Gasteiger partial charge in [0.25, 0.3) is 0 Å². The molecule has 0 saturated carbocycles. The SMILES string of the molecule is O=c1ccn2[nH]c(Cc3ccccc3Br)nc2c1. The molecule has 1 aromatic carbocycles. The molecular weight excluding hydrogens is 294 g/mol. The minimum absolute atomic E-state index is 0.0334. The van der Waals surface area contributed by atoms with Gasteiger partial charge in [-0.3, -0.25) is 9.89 Å². The highest BCUT2D eigenvalue weighted by atomic mass is 79.9. The Morgan fingerprint density at radius 1 is 1.28 bits per heavy atom. The van der Waals surface area contributed by atoms with Crippen LogP contribution in [-0.2, 0) is 6.42 Å². The van der Waals surface area contributed by atoms with Crippen LogP contribution in [0.25, 0.3) is 5.65 Å². The summed E-state index contributed by atoms with van der Waals surface area (Å²) in [5.74, 6) is 0.826. The molecule has 0 aliphatic rings. The van der Waals surface area contributed by atoms with E-state index in [4.69, 9.17) is 0 Å². The van der Waals surface area contributed by atoms with Crippen LogP contribution in [0.5, 0.6) is 0 Å². The van der Waals surface area contributed by atoms with E-state index in [1.807, 2.05) is 24.3 Å². The molecule has 5 heteroatoms. The van der Waals surface area contributed by atoms with E-state index in [2.05, 4.69) is 26.0 Å². The number of nitrogens with one attached hydrogen (secondary N) is 1. The van der Waals surface area contributed by atoms with Crippen molar-refractivity contribution in [2.24, 2.45) is 0 Å². The first kappa shape index (κ1) is 11.2. The molecule has 0 saturated heterocycles. The molecule has 0 radical (unpaired) electrons. The summed E-state index contributed by atoms with van der Waals surface area (Å²) in [6, 6.07) is 11.0. The van der Waals surface area contributed by atoms with Gasteiger partial charge in [-0.1, -0.05) is 34.1 Å². The average molecular weight is 304 g/mol. The molecule has 18 heavy (non-hydrogen) atoms. The number of fused-ring (bicyclic) bond motifs is 1. The highest BCUT2D eigenvalue weighted by Crippen LogP contribution is 2.18. The molecule has 2 aromatic heterocycles. The van der Waals surface area contributed by atoms with Crippen molar-refractivity contribution in [3.8, 4) is 0 Å². The van der Waals surface area contributed by atoms with Crippen molar-refractivity contribution in [1.29, 1.82) is 0 Å². The number of halogens is 1. The van der Waals surface area contributed by atoms with Gasteiger partial charge in [0.05, 0.1) is 0 Å². The maximum Gasteiger partial charge on any atom is 0.183 e. The van der Waals surface area contributed by atoms with Crippen molar-refractivity contribution in [3.05, 3.63) is 68.7 Å². The van der Waals surface area contributed by atoms with Crippen molar-refractivity contribution >= 4 is 21.6 Å². The second-order valence-corrected chi connectivity index (χ2v) is 4.88. The Balaban J connectivity index is 2.01. The maximum absolute atomic E-state index is 11.2. The van der Waals surface area contributed by atoms with Crippen LogP contribution in [0, 0.1) is 0 Å². The molecule has 0 fully saturated rings. The second kappa shape index (κ2) is 4.42. The average Bonchev–Trinajstić information content (AvgIpc) is 2.73. The molecular formula is C13H10BrN3O. The van der Waals surface area contributed by atoms with Crippen LogP contribution < -0.4 is 5.43 Å². The van der Waals surface area contributed by atoms with Crippen LogP contribution >= 0.6 is 15.9 Å². The van der Waals surface area contributed by atoms with Gasteiger partial charge in [0, 0.05) is 29.2 Å². The molecule has 0 amide bonds. The molecule has 0 spiro atoms. The Bertz CT molecular complexity index is 760. The summed E-state index contributed by atoms with van der Waals surface area (Å²) in [5.41, 5.74) is 1.76. The number of benzene rings is 1. The minimum atomic E-state index is -0.0334. The third-order valence-electron chi connectivity index (χ3n) is 2.72. The quantitative estimate of drug-likeness (QED) is 0.790. The molecule has 0 unspecified atom stereocenters. The van der Waals surface area contributed by atoms with Crippen molar-refractivity contribution in [1.82, 2.24) is 14.6 Å². The molecule has 0 aliphatic carbocycles. The number of nitrogens with zero attached hydrogens (tertiary/aromatic N) is 2. The van der Waals surface area contributed by atoms with E-state index in [0.717, 1.165) is 15.9 Å². The van der Waals surface area contributed by atoms with Crippen LogP contribution in [0.2, 0.25) is 0 Å². The molecule has 0 atom stereocenters. The van der Waals surface area contributed by atoms with Crippen LogP contribution in [0.1, 0.15) is 11.4 Å². The monoisotopic (exact) mass is 303 g/mol. The molecule has 2 heterocycles. The Morgan fingerprint density at radius 2 is 2.11 bits per heavy atom. The standard InChI is InChI=1S/C13H10BrN3O/c14-11-4-2-1-3-9(11)7-12-15-13-8-10(18)5-6-17(13)16-12/h1-6,8H,7H2,(H,15,16). The van der Waals surface area contributed by atoms with E-state index in [1.54, 1.807) is 10.7 Å². The number of rotatable bonds is 2. The van der Waals surface area contributed by atoms with Crippen LogP contribution in [-0.4, -0.2) is 14.6 Å². The second-order valence-electron chi connectivity index (χ2n) is 4.03. The number of hydrogen-bond acceptors (Lipinski definition) is 2. The topological polar surface area (TPSA) is 50.2 Å². The van der Waals surface area contributed by atoms with Gasteiger partial charge in [-0.05, 0) is 11.6 Å². The fraction of sp³-hybridized carbons (Fsp3) is 0.0769. The summed E-state index contributed by atoms with van der Waals surface area (Å²) in [6.07, 6.45) is 2.38. The van der Waals surface area contributed by atoms with Crippen LogP contribution in [0.15, 0.2) is 51.9 Å². The Hall–Kier alpha value is -1.88. The van der Waals surface area contributed by atoms with Crippen molar-refractivity contribution in [3.63, 3.8) is 0 Å². The molecule has 1 N–H and O–H groups in total. The lowest BCUT2D eigenvalue weighted by atomic mass is 10.1. The highest BCUT2D eigenvalue weighted by Gasteiger charge is 2.05. The Morgan fingerprint density at radius 3 is 2.94 bits per heavy atom. The first-order chi connectivity index (χ1) is 8.72. The first-order valence-electron chi connectivity index (χ1n) is 5.53. The van der Waals surface area contributed by atoms with Gasteiger partial charge in [-0.15, -0.1) is 0 Å². The van der Waals surface area contributed by atoms with E-state index in [1.165, 1.54) is 12.1 Å². The van der Waals surface area contributed by atoms with Gasteiger partial charge in [0.15, 0.2) is 11.1 Å². The number of hydrogen-bond donors (Lipinski definition) is 1. The summed E-state index contributed by atoms with van der Waals surface area (Å²) in [6.45, 7) is 0. The van der Waals surface area contributed by atoms with E-state index >= 15 is 0 Å². The zero-order chi connectivity index (χ0) is 12.5. The minimum Gasteiger partial charge on any atom is -0.290 e. The van der Waals surface area contributed by atoms with E-state index in [9.17, 15) is 4.79 Å². The van der Waals surface area contributed by atoms with Gasteiger partial charge in [-0.25, -0.2) is 9.50 Å². The lowest BCUT2D eigenvalue weighted by Crippen LogP contribution is -1.98. The molecule has 90 valence electrons. The summed E-state index contributed by atoms with van der Waals surface area (Å²) in [7, 11) is 0. The fourth-order valence-corrected chi connectivity index (χ4v) is 2.28. The number of H-pyrrole nitrogens is 1. The predicted molar refractivity (Wildman–Crippen MR) is 72.8 cm³/mol. The third kappa shape index (κ3) is 2.09. The lowest BCUT2D eigenvalue weighted by Gasteiger charge is -2.00. The smallest absolute Gasteiger partial charge is 0.183 e. The molecule has 0 aliphatic heterocycles. The van der Waals surface area contributed by atoms with E-state index in [0.29, 0.717) is 12.1 Å². The summed E-state index contributed by atoms with van der Waals surface area (Å²) in [5, 5.41) is 3.14. The van der Waals surface area contributed by atoms with Gasteiger partial charge < -0.3 is 0 Å². The largest absolute Gasteiger partial charge is 0.290 e. The normalized spacial score (nSPS) is 10.9. The zero-order valence-corrected chi connectivity index (χ0v) is 11.0. The van der Waals surface area contributed by atoms with E-state index in [-0.39, 0.29) is 5.43 Å². The molecule has 0 bridgehead atoms. The maximum atomic E-state index is 11.2. The summed E-state index contributed by atoms with van der Waals surface area (Å²) < 4.78 is 2.80. The summed E-state index contributed by atoms with van der Waals surface area (Å²) >= 11 is 3.51. The molecule has 3 rings (SSSR count). The zero-order valence-electron chi connectivity index (χ0n) is 9.43. The first-order valence-corrected chi connectivity index (χ1v) is 6.32. The fourth-order valence-electron chi connectivity index (χ4n) is 1.85. The van der Waals surface area contributed by atoms with Crippen molar-refractivity contribution < 1.29 is 0 Å². The summed E-state index contributed by atoms with van der Waals surface area (Å²) in [4.78, 5) is 15.6. The van der Waals surface area contributed by atoms with Gasteiger partial charge in [-0.2, -0.15) is 0 Å². The number of pyridine rings is 1. The Kier molecular flexibility index (Phi) is 2.76. The van der Waals surface area contributed by atoms with Gasteiger partial charge >= 0.3 is 0 Å². The number of aromatic nitrogens is 3. The Labute approximate surface area is 111 Å². The third-order valence-corrected chi connectivity index (χ3v) is 3.49. The van der Waals surface area contributed by atoms with Crippen LogP contribution in [0.4, 0.5) is 0 Å². The molecule has 3 aromatic rings. The highest BCUT2D eigenvalue weighted by molar-refractivity contribution is 9.10. The number of aromatic amines is 1. The van der Waals surface area contributed by atoms with Crippen molar-refractivity contribution in [2.75, 3.05) is 0 Å². The predicted octanol–water partition coefficient (Wildman–Crippen LogP) is 2.38.